The second-order valence-corrected chi connectivity index (χ2v) is 8.18. The SMILES string of the molecule is CC[C@@H](C(=O)NCc1cccc(OC)c1)n1nc(C)c2sc3ccccc3c2c1=O. The van der Waals surface area contributed by atoms with E-state index in [1.54, 1.807) is 18.4 Å². The highest BCUT2D eigenvalue weighted by molar-refractivity contribution is 7.26. The molecule has 0 bridgehead atoms. The molecule has 7 heteroatoms. The van der Waals surface area contributed by atoms with Crippen molar-refractivity contribution in [3.8, 4) is 5.75 Å². The summed E-state index contributed by atoms with van der Waals surface area (Å²) in [5.41, 5.74) is 1.45. The quantitative estimate of drug-likeness (QED) is 0.507. The van der Waals surface area contributed by atoms with Crippen molar-refractivity contribution in [2.24, 2.45) is 0 Å². The normalized spacial score (nSPS) is 12.2. The summed E-state index contributed by atoms with van der Waals surface area (Å²) in [5.74, 6) is 0.505. The number of hydrogen-bond acceptors (Lipinski definition) is 5. The van der Waals surface area contributed by atoms with E-state index in [1.165, 1.54) is 4.68 Å². The Morgan fingerprint density at radius 3 is 2.80 bits per heavy atom. The minimum absolute atomic E-state index is 0.226. The minimum atomic E-state index is -0.676. The number of aryl methyl sites for hydroxylation is 1. The van der Waals surface area contributed by atoms with Gasteiger partial charge in [-0.15, -0.1) is 11.3 Å². The third kappa shape index (κ3) is 3.57. The van der Waals surface area contributed by atoms with Crippen molar-refractivity contribution in [2.75, 3.05) is 7.11 Å². The van der Waals surface area contributed by atoms with Gasteiger partial charge in [-0.3, -0.25) is 9.59 Å². The molecule has 0 unspecified atom stereocenters. The molecule has 0 aliphatic carbocycles. The van der Waals surface area contributed by atoms with Crippen LogP contribution in [0.25, 0.3) is 20.2 Å². The molecule has 2 heterocycles. The number of fused-ring (bicyclic) bond motifs is 3. The standard InChI is InChI=1S/C23H23N3O3S/c1-4-18(22(27)24-13-15-8-7-9-16(12-15)29-3)26-23(28)20-17-10-5-6-11-19(17)30-21(20)14(2)25-26/h5-12,18H,4,13H2,1-3H3,(H,24,27)/t18-/m0/s1. The lowest BCUT2D eigenvalue weighted by molar-refractivity contribution is -0.125. The van der Waals surface area contributed by atoms with Gasteiger partial charge in [-0.2, -0.15) is 5.10 Å². The van der Waals surface area contributed by atoms with Crippen LogP contribution in [0, 0.1) is 6.92 Å². The van der Waals surface area contributed by atoms with Gasteiger partial charge in [0.15, 0.2) is 0 Å². The number of nitrogens with one attached hydrogen (secondary N) is 1. The Morgan fingerprint density at radius 1 is 1.23 bits per heavy atom. The number of carbonyl (C=O) groups excluding carboxylic acids is 1. The van der Waals surface area contributed by atoms with E-state index in [0.717, 1.165) is 31.8 Å². The van der Waals surface area contributed by atoms with Gasteiger partial charge in [0.2, 0.25) is 5.91 Å². The number of ether oxygens (including phenoxy) is 1. The summed E-state index contributed by atoms with van der Waals surface area (Å²) >= 11 is 1.56. The van der Waals surface area contributed by atoms with Gasteiger partial charge >= 0.3 is 0 Å². The fraction of sp³-hybridized carbons (Fsp3) is 0.261. The Balaban J connectivity index is 1.68. The van der Waals surface area contributed by atoms with E-state index in [9.17, 15) is 9.59 Å². The second-order valence-electron chi connectivity index (χ2n) is 7.13. The van der Waals surface area contributed by atoms with Crippen molar-refractivity contribution in [2.45, 2.75) is 32.9 Å². The van der Waals surface area contributed by atoms with Gasteiger partial charge < -0.3 is 10.1 Å². The van der Waals surface area contributed by atoms with E-state index >= 15 is 0 Å². The van der Waals surface area contributed by atoms with E-state index in [2.05, 4.69) is 10.4 Å². The average Bonchev–Trinajstić information content (AvgIpc) is 3.17. The number of methoxy groups -OCH3 is 1. The molecular formula is C23H23N3O3S. The number of thiophene rings is 1. The third-order valence-corrected chi connectivity index (χ3v) is 6.47. The molecule has 1 amide bonds. The van der Waals surface area contributed by atoms with E-state index in [-0.39, 0.29) is 11.5 Å². The van der Waals surface area contributed by atoms with Crippen molar-refractivity contribution < 1.29 is 9.53 Å². The van der Waals surface area contributed by atoms with Crippen molar-refractivity contribution in [1.29, 1.82) is 0 Å². The number of aromatic nitrogens is 2. The zero-order chi connectivity index (χ0) is 21.3. The first-order valence-corrected chi connectivity index (χ1v) is 10.7. The number of nitrogens with zero attached hydrogens (tertiary/aromatic N) is 2. The van der Waals surface area contributed by atoms with Crippen LogP contribution in [0.5, 0.6) is 5.75 Å². The van der Waals surface area contributed by atoms with Crippen LogP contribution in [0.15, 0.2) is 53.3 Å². The molecule has 4 aromatic rings. The molecule has 4 rings (SSSR count). The van der Waals surface area contributed by atoms with Crippen LogP contribution in [0.1, 0.15) is 30.6 Å². The Labute approximate surface area is 178 Å². The highest BCUT2D eigenvalue weighted by Crippen LogP contribution is 2.33. The zero-order valence-electron chi connectivity index (χ0n) is 17.1. The fourth-order valence-electron chi connectivity index (χ4n) is 3.65. The molecule has 1 atom stereocenters. The first kappa shape index (κ1) is 20.1. The summed E-state index contributed by atoms with van der Waals surface area (Å²) in [4.78, 5) is 26.3. The maximum Gasteiger partial charge on any atom is 0.276 e. The van der Waals surface area contributed by atoms with Gasteiger partial charge in [0.1, 0.15) is 11.8 Å². The molecule has 6 nitrogen and oxygen atoms in total. The summed E-state index contributed by atoms with van der Waals surface area (Å²) in [6, 6.07) is 14.7. The highest BCUT2D eigenvalue weighted by atomic mass is 32.1. The van der Waals surface area contributed by atoms with Crippen molar-refractivity contribution in [3.05, 3.63) is 70.1 Å². The molecule has 154 valence electrons. The lowest BCUT2D eigenvalue weighted by atomic mass is 10.1. The monoisotopic (exact) mass is 421 g/mol. The lowest BCUT2D eigenvalue weighted by Gasteiger charge is -2.18. The van der Waals surface area contributed by atoms with Crippen LogP contribution >= 0.6 is 11.3 Å². The highest BCUT2D eigenvalue weighted by Gasteiger charge is 2.24. The molecule has 0 radical (unpaired) electrons. The molecule has 2 aromatic carbocycles. The molecule has 30 heavy (non-hydrogen) atoms. The van der Waals surface area contributed by atoms with Crippen LogP contribution in [-0.4, -0.2) is 22.8 Å². The lowest BCUT2D eigenvalue weighted by Crippen LogP contribution is -2.38. The number of hydrogen-bond donors (Lipinski definition) is 1. The molecule has 0 aliphatic rings. The molecule has 0 spiro atoms. The van der Waals surface area contributed by atoms with Gasteiger partial charge in [-0.25, -0.2) is 4.68 Å². The Hall–Kier alpha value is -3.19. The molecule has 2 aromatic heterocycles. The van der Waals surface area contributed by atoms with Crippen LogP contribution in [0.3, 0.4) is 0 Å². The molecule has 0 fully saturated rings. The van der Waals surface area contributed by atoms with Crippen LogP contribution in [0.4, 0.5) is 0 Å². The van der Waals surface area contributed by atoms with Crippen LogP contribution < -0.4 is 15.6 Å². The largest absolute Gasteiger partial charge is 0.497 e. The van der Waals surface area contributed by atoms with E-state index < -0.39 is 6.04 Å². The Morgan fingerprint density at radius 2 is 2.03 bits per heavy atom. The fourth-order valence-corrected chi connectivity index (χ4v) is 4.78. The van der Waals surface area contributed by atoms with Crippen molar-refractivity contribution in [3.63, 3.8) is 0 Å². The minimum Gasteiger partial charge on any atom is -0.497 e. The van der Waals surface area contributed by atoms with Gasteiger partial charge in [0.25, 0.3) is 5.56 Å². The maximum atomic E-state index is 13.3. The number of amides is 1. The molecular weight excluding hydrogens is 398 g/mol. The maximum absolute atomic E-state index is 13.3. The number of benzene rings is 2. The smallest absolute Gasteiger partial charge is 0.276 e. The summed E-state index contributed by atoms with van der Waals surface area (Å²) in [6.45, 7) is 4.12. The zero-order valence-corrected chi connectivity index (χ0v) is 18.0. The third-order valence-electron chi connectivity index (χ3n) is 5.19. The summed E-state index contributed by atoms with van der Waals surface area (Å²) < 4.78 is 8.50. The van der Waals surface area contributed by atoms with E-state index in [4.69, 9.17) is 4.74 Å². The molecule has 0 saturated heterocycles. The molecule has 0 aliphatic heterocycles. The Kier molecular flexibility index (Phi) is 5.55. The molecule has 0 saturated carbocycles. The van der Waals surface area contributed by atoms with Gasteiger partial charge in [0.05, 0.1) is 22.9 Å². The summed E-state index contributed by atoms with van der Waals surface area (Å²) in [5, 5.41) is 8.99. The van der Waals surface area contributed by atoms with Gasteiger partial charge in [0, 0.05) is 16.6 Å². The van der Waals surface area contributed by atoms with E-state index in [1.807, 2.05) is 62.4 Å². The average molecular weight is 422 g/mol. The van der Waals surface area contributed by atoms with Gasteiger partial charge in [-0.05, 0) is 37.1 Å². The van der Waals surface area contributed by atoms with Crippen LogP contribution in [-0.2, 0) is 11.3 Å². The predicted molar refractivity (Wildman–Crippen MR) is 120 cm³/mol. The Bertz CT molecular complexity index is 1290. The number of rotatable bonds is 6. The molecule has 1 N–H and O–H groups in total. The van der Waals surface area contributed by atoms with Crippen molar-refractivity contribution in [1.82, 2.24) is 15.1 Å². The second kappa shape index (κ2) is 8.28. The topological polar surface area (TPSA) is 73.2 Å². The van der Waals surface area contributed by atoms with E-state index in [0.29, 0.717) is 18.4 Å². The number of carbonyl (C=O) groups is 1. The summed E-state index contributed by atoms with van der Waals surface area (Å²) in [7, 11) is 1.61. The first-order chi connectivity index (χ1) is 14.5. The van der Waals surface area contributed by atoms with Crippen molar-refractivity contribution >= 4 is 37.4 Å². The summed E-state index contributed by atoms with van der Waals surface area (Å²) in [6.07, 6.45) is 0.462. The van der Waals surface area contributed by atoms with Crippen LogP contribution in [0.2, 0.25) is 0 Å². The first-order valence-electron chi connectivity index (χ1n) is 9.84. The van der Waals surface area contributed by atoms with Gasteiger partial charge in [-0.1, -0.05) is 37.3 Å². The predicted octanol–water partition coefficient (Wildman–Crippen LogP) is 4.20.